The normalized spacial score (nSPS) is 22.9. The van der Waals surface area contributed by atoms with Gasteiger partial charge >= 0.3 is 0 Å². The van der Waals surface area contributed by atoms with E-state index >= 15 is 0 Å². The van der Waals surface area contributed by atoms with E-state index in [2.05, 4.69) is 52.6 Å². The Bertz CT molecular complexity index is 1150. The molecule has 4 heterocycles. The smallest absolute Gasteiger partial charge is 0.128 e. The van der Waals surface area contributed by atoms with Crippen LogP contribution >= 0.6 is 11.6 Å². The number of hydrogen-bond acceptors (Lipinski definition) is 4. The van der Waals surface area contributed by atoms with Crippen LogP contribution in [0.4, 0.5) is 5.82 Å². The molecule has 5 rings (SSSR count). The Morgan fingerprint density at radius 2 is 1.59 bits per heavy atom. The summed E-state index contributed by atoms with van der Waals surface area (Å²) in [7, 11) is 0. The van der Waals surface area contributed by atoms with Crippen LogP contribution in [0.25, 0.3) is 11.1 Å². The predicted molar refractivity (Wildman–Crippen MR) is 140 cm³/mol. The molecular weight excluding hydrogens is 440 g/mol. The molecule has 5 heteroatoms. The number of nitrogens with zero attached hydrogens (tertiary/aromatic N) is 4. The second-order valence-electron chi connectivity index (χ2n) is 9.88. The molecule has 34 heavy (non-hydrogen) atoms. The Kier molecular flexibility index (Phi) is 6.85. The highest BCUT2D eigenvalue weighted by Gasteiger charge is 2.32. The molecule has 2 aliphatic heterocycles. The third-order valence-electron chi connectivity index (χ3n) is 6.92. The van der Waals surface area contributed by atoms with Crippen LogP contribution in [0.3, 0.4) is 0 Å². The lowest BCUT2D eigenvalue weighted by Gasteiger charge is -2.38. The van der Waals surface area contributed by atoms with Gasteiger partial charge in [0.25, 0.3) is 0 Å². The minimum atomic E-state index is 0.647. The summed E-state index contributed by atoms with van der Waals surface area (Å²) in [6.07, 6.45) is 6.31. The maximum absolute atomic E-state index is 5.97. The Balaban J connectivity index is 1.20. The van der Waals surface area contributed by atoms with Gasteiger partial charge in [0.15, 0.2) is 0 Å². The second-order valence-corrected chi connectivity index (χ2v) is 10.3. The summed E-state index contributed by atoms with van der Waals surface area (Å²) in [5.41, 5.74) is 3.78. The molecule has 0 aliphatic carbocycles. The molecule has 2 aromatic heterocycles. The number of pyridine rings is 2. The molecule has 2 aliphatic rings. The number of piperidine rings is 1. The molecule has 174 valence electrons. The van der Waals surface area contributed by atoms with E-state index in [1.54, 1.807) is 0 Å². The van der Waals surface area contributed by atoms with Crippen molar-refractivity contribution in [2.24, 2.45) is 11.8 Å². The first-order valence-corrected chi connectivity index (χ1v) is 12.6. The van der Waals surface area contributed by atoms with E-state index in [0.29, 0.717) is 6.04 Å². The average Bonchev–Trinajstić information content (AvgIpc) is 3.34. The van der Waals surface area contributed by atoms with Gasteiger partial charge in [-0.1, -0.05) is 49.6 Å². The summed E-state index contributed by atoms with van der Waals surface area (Å²) < 4.78 is 0. The molecule has 0 bridgehead atoms. The highest BCUT2D eigenvalue weighted by molar-refractivity contribution is 6.30. The zero-order valence-corrected chi connectivity index (χ0v) is 20.7. The number of rotatable bonds is 3. The minimum absolute atomic E-state index is 0.647. The molecule has 2 saturated heterocycles. The van der Waals surface area contributed by atoms with Crippen LogP contribution in [0.2, 0.25) is 5.02 Å². The first-order valence-electron chi connectivity index (χ1n) is 12.2. The van der Waals surface area contributed by atoms with Crippen LogP contribution in [0.1, 0.15) is 37.9 Å². The molecule has 0 amide bonds. The summed E-state index contributed by atoms with van der Waals surface area (Å²) in [6, 6.07) is 16.6. The third-order valence-corrected chi connectivity index (χ3v) is 7.18. The summed E-state index contributed by atoms with van der Waals surface area (Å²) in [4.78, 5) is 14.3. The van der Waals surface area contributed by atoms with Gasteiger partial charge in [-0.3, -0.25) is 4.90 Å². The zero-order chi connectivity index (χ0) is 23.5. The molecule has 0 spiro atoms. The van der Waals surface area contributed by atoms with Gasteiger partial charge in [0.1, 0.15) is 11.5 Å². The van der Waals surface area contributed by atoms with E-state index < -0.39 is 0 Å². The fourth-order valence-electron chi connectivity index (χ4n) is 5.32. The first kappa shape index (κ1) is 22.9. The van der Waals surface area contributed by atoms with Crippen LogP contribution in [-0.2, 0) is 0 Å². The molecule has 4 nitrogen and oxygen atoms in total. The van der Waals surface area contributed by atoms with Gasteiger partial charge in [-0.15, -0.1) is 0 Å². The number of aromatic nitrogens is 2. The van der Waals surface area contributed by atoms with E-state index in [9.17, 15) is 0 Å². The Morgan fingerprint density at radius 1 is 0.824 bits per heavy atom. The van der Waals surface area contributed by atoms with Crippen molar-refractivity contribution < 1.29 is 0 Å². The van der Waals surface area contributed by atoms with Crippen molar-refractivity contribution in [3.63, 3.8) is 0 Å². The van der Waals surface area contributed by atoms with Crippen LogP contribution < -0.4 is 4.90 Å². The van der Waals surface area contributed by atoms with Crippen molar-refractivity contribution >= 4 is 17.4 Å². The molecule has 0 N–H and O–H groups in total. The van der Waals surface area contributed by atoms with Crippen molar-refractivity contribution in [3.05, 3.63) is 77.2 Å². The monoisotopic (exact) mass is 470 g/mol. The van der Waals surface area contributed by atoms with Gasteiger partial charge in [0, 0.05) is 60.8 Å². The first-order chi connectivity index (χ1) is 16.5. The summed E-state index contributed by atoms with van der Waals surface area (Å²) >= 11 is 5.97. The lowest BCUT2D eigenvalue weighted by Crippen LogP contribution is -2.46. The number of benzene rings is 1. The fourth-order valence-corrected chi connectivity index (χ4v) is 5.45. The van der Waals surface area contributed by atoms with Gasteiger partial charge in [-0.2, -0.15) is 0 Å². The van der Waals surface area contributed by atoms with E-state index in [1.807, 2.05) is 48.8 Å². The van der Waals surface area contributed by atoms with E-state index in [0.717, 1.165) is 58.2 Å². The predicted octanol–water partition coefficient (Wildman–Crippen LogP) is 5.75. The molecule has 2 fully saturated rings. The maximum Gasteiger partial charge on any atom is 0.128 e. The van der Waals surface area contributed by atoms with Crippen molar-refractivity contribution in [2.75, 3.05) is 31.1 Å². The topological polar surface area (TPSA) is 32.3 Å². The van der Waals surface area contributed by atoms with Gasteiger partial charge in [0.2, 0.25) is 0 Å². The minimum Gasteiger partial charge on any atom is -0.355 e. The number of anilines is 1. The quantitative estimate of drug-likeness (QED) is 0.456. The molecule has 3 aromatic rings. The Morgan fingerprint density at radius 3 is 2.26 bits per heavy atom. The van der Waals surface area contributed by atoms with Gasteiger partial charge in [-0.05, 0) is 66.5 Å². The van der Waals surface area contributed by atoms with E-state index in [4.69, 9.17) is 16.6 Å². The molecule has 0 radical (unpaired) electrons. The van der Waals surface area contributed by atoms with Crippen molar-refractivity contribution in [3.8, 4) is 23.0 Å². The Labute approximate surface area is 208 Å². The highest BCUT2D eigenvalue weighted by atomic mass is 35.5. The molecule has 0 saturated carbocycles. The molecule has 3 atom stereocenters. The zero-order valence-electron chi connectivity index (χ0n) is 19.9. The lowest BCUT2D eigenvalue weighted by molar-refractivity contribution is 0.104. The van der Waals surface area contributed by atoms with Crippen LogP contribution in [-0.4, -0.2) is 47.1 Å². The summed E-state index contributed by atoms with van der Waals surface area (Å²) in [5, 5.41) is 0.731. The number of likely N-dealkylation sites (tertiary alicyclic amines) is 1. The van der Waals surface area contributed by atoms with Crippen molar-refractivity contribution in [1.29, 1.82) is 0 Å². The average molecular weight is 471 g/mol. The van der Waals surface area contributed by atoms with Crippen molar-refractivity contribution in [1.82, 2.24) is 14.9 Å². The molecule has 1 aromatic carbocycles. The van der Waals surface area contributed by atoms with Crippen LogP contribution in [0, 0.1) is 23.7 Å². The fraction of sp³-hybridized carbons (Fsp3) is 0.379. The van der Waals surface area contributed by atoms with Crippen LogP contribution in [0.5, 0.6) is 0 Å². The molecular formula is C29H31ClN4. The van der Waals surface area contributed by atoms with Gasteiger partial charge < -0.3 is 4.90 Å². The van der Waals surface area contributed by atoms with Gasteiger partial charge in [0.05, 0.1) is 0 Å². The standard InChI is InChI=1S/C29H31ClN4/c1-21-15-22(2)19-34(18-21)28-13-14-33(20-28)29-12-4-23(16-32-29)3-10-27-11-7-25(17-31-27)24-5-8-26(30)9-6-24/h4-9,11-12,16-17,21-22,28H,13-15,18-20H2,1-2H3/t21?,22?,28-/m0/s1. The van der Waals surface area contributed by atoms with Crippen LogP contribution in [0.15, 0.2) is 60.9 Å². The second kappa shape index (κ2) is 10.2. The van der Waals surface area contributed by atoms with Crippen molar-refractivity contribution in [2.45, 2.75) is 32.7 Å². The highest BCUT2D eigenvalue weighted by Crippen LogP contribution is 2.28. The summed E-state index contributed by atoms with van der Waals surface area (Å²) in [5.74, 6) is 9.01. The van der Waals surface area contributed by atoms with E-state index in [-0.39, 0.29) is 0 Å². The molecule has 2 unspecified atom stereocenters. The van der Waals surface area contributed by atoms with Gasteiger partial charge in [-0.25, -0.2) is 9.97 Å². The Hall–Kier alpha value is -2.87. The summed E-state index contributed by atoms with van der Waals surface area (Å²) in [6.45, 7) is 9.40. The van der Waals surface area contributed by atoms with E-state index in [1.165, 1.54) is 25.9 Å². The number of halogens is 1. The SMILES string of the molecule is CC1CC(C)CN([C@H]2CCN(c3ccc(C#Cc4ccc(-c5ccc(Cl)cc5)cn4)cn3)C2)C1. The maximum atomic E-state index is 5.97. The number of hydrogen-bond donors (Lipinski definition) is 0. The largest absolute Gasteiger partial charge is 0.355 e. The lowest BCUT2D eigenvalue weighted by atomic mass is 9.91. The third kappa shape index (κ3) is 5.43.